The number of rotatable bonds is 6. The van der Waals surface area contributed by atoms with E-state index in [-0.39, 0.29) is 29.4 Å². The van der Waals surface area contributed by atoms with Crippen molar-refractivity contribution in [2.45, 2.75) is 6.61 Å². The van der Waals surface area contributed by atoms with Crippen LogP contribution in [-0.4, -0.2) is 33.8 Å². The summed E-state index contributed by atoms with van der Waals surface area (Å²) in [6.07, 6.45) is 0. The fourth-order valence-corrected chi connectivity index (χ4v) is 2.33. The van der Waals surface area contributed by atoms with Crippen molar-refractivity contribution >= 4 is 23.8 Å². The van der Waals surface area contributed by atoms with Gasteiger partial charge in [-0.05, 0) is 29.8 Å². The summed E-state index contributed by atoms with van der Waals surface area (Å²) in [6.45, 7) is 0.0381. The highest BCUT2D eigenvalue weighted by Crippen LogP contribution is 2.08. The highest BCUT2D eigenvalue weighted by atomic mass is 16.6. The lowest BCUT2D eigenvalue weighted by Gasteiger charge is -2.06. The number of hydrogen-bond acceptors (Lipinski definition) is 8. The Morgan fingerprint density at radius 3 is 1.73 bits per heavy atom. The second-order valence-electron chi connectivity index (χ2n) is 5.92. The van der Waals surface area contributed by atoms with Gasteiger partial charge in [-0.1, -0.05) is 42.5 Å². The Morgan fingerprint density at radius 2 is 1.17 bits per heavy atom. The molecule has 0 bridgehead atoms. The van der Waals surface area contributed by atoms with Gasteiger partial charge < -0.3 is 15.2 Å². The van der Waals surface area contributed by atoms with E-state index in [1.54, 1.807) is 12.1 Å². The molecular weight excluding hydrogens is 390 g/mol. The first-order valence-electron chi connectivity index (χ1n) is 8.65. The number of primary amides is 1. The van der Waals surface area contributed by atoms with Gasteiger partial charge in [0, 0.05) is 0 Å². The van der Waals surface area contributed by atoms with E-state index >= 15 is 0 Å². The van der Waals surface area contributed by atoms with E-state index in [0.717, 1.165) is 5.56 Å². The molecule has 2 aromatic heterocycles. The van der Waals surface area contributed by atoms with Crippen LogP contribution >= 0.6 is 0 Å². The van der Waals surface area contributed by atoms with Crippen molar-refractivity contribution in [1.82, 2.24) is 9.97 Å². The number of carbonyl (C=O) groups excluding carboxylic acids is 4. The topological polar surface area (TPSA) is 139 Å². The first-order chi connectivity index (χ1) is 14.4. The number of nitrogens with zero attached hydrogens (tertiary/aromatic N) is 2. The van der Waals surface area contributed by atoms with Crippen molar-refractivity contribution in [2.24, 2.45) is 5.73 Å². The number of benzene rings is 1. The van der Waals surface area contributed by atoms with Gasteiger partial charge in [0.2, 0.25) is 0 Å². The molecule has 0 fully saturated rings. The second kappa shape index (κ2) is 9.20. The molecule has 9 nitrogen and oxygen atoms in total. The molecule has 0 spiro atoms. The largest absolute Gasteiger partial charge is 0.456 e. The fourth-order valence-electron chi connectivity index (χ4n) is 2.33. The lowest BCUT2D eigenvalue weighted by molar-refractivity contribution is 0.0389. The molecule has 1 amide bonds. The number of nitrogens with two attached hydrogens (primary N) is 1. The van der Waals surface area contributed by atoms with Crippen molar-refractivity contribution in [2.75, 3.05) is 0 Å². The molecule has 2 N–H and O–H groups in total. The molecular formula is C21H15N3O6. The van der Waals surface area contributed by atoms with Crippen molar-refractivity contribution < 1.29 is 28.7 Å². The quantitative estimate of drug-likeness (QED) is 0.485. The number of hydrogen-bond donors (Lipinski definition) is 1. The van der Waals surface area contributed by atoms with Crippen LogP contribution in [0.5, 0.6) is 0 Å². The monoisotopic (exact) mass is 405 g/mol. The average molecular weight is 405 g/mol. The van der Waals surface area contributed by atoms with Crippen LogP contribution in [-0.2, 0) is 16.1 Å². The molecule has 0 atom stereocenters. The zero-order valence-corrected chi connectivity index (χ0v) is 15.5. The first kappa shape index (κ1) is 20.3. The highest BCUT2D eigenvalue weighted by molar-refractivity contribution is 6.02. The van der Waals surface area contributed by atoms with Crippen LogP contribution in [0.1, 0.15) is 47.5 Å². The van der Waals surface area contributed by atoms with E-state index in [2.05, 4.69) is 9.97 Å². The maximum Gasteiger partial charge on any atom is 0.364 e. The standard InChI is InChI=1S/C21H15N3O6/c22-18(25)14-8-4-10-16(23-14)20(27)30-21(28)17-11-5-9-15(24-17)19(26)29-12-13-6-2-1-3-7-13/h1-11H,12H2,(H2,22,25). The van der Waals surface area contributed by atoms with Gasteiger partial charge in [-0.15, -0.1) is 0 Å². The molecule has 3 rings (SSSR count). The minimum Gasteiger partial charge on any atom is -0.456 e. The lowest BCUT2D eigenvalue weighted by Crippen LogP contribution is -2.19. The van der Waals surface area contributed by atoms with Crippen LogP contribution in [0.4, 0.5) is 0 Å². The molecule has 1 aromatic carbocycles. The van der Waals surface area contributed by atoms with Crippen molar-refractivity contribution in [3.8, 4) is 0 Å². The van der Waals surface area contributed by atoms with E-state index in [4.69, 9.17) is 15.2 Å². The molecule has 2 heterocycles. The third kappa shape index (κ3) is 5.10. The van der Waals surface area contributed by atoms with Gasteiger partial charge in [0.15, 0.2) is 0 Å². The lowest BCUT2D eigenvalue weighted by atomic mass is 10.2. The van der Waals surface area contributed by atoms with Crippen molar-refractivity contribution in [3.05, 3.63) is 95.1 Å². The molecule has 0 aliphatic heterocycles. The van der Waals surface area contributed by atoms with Crippen LogP contribution in [0.3, 0.4) is 0 Å². The Balaban J connectivity index is 1.66. The Kier molecular flexibility index (Phi) is 6.23. The molecule has 9 heteroatoms. The minimum atomic E-state index is -1.10. The Morgan fingerprint density at radius 1 is 0.667 bits per heavy atom. The zero-order chi connectivity index (χ0) is 21.5. The maximum absolute atomic E-state index is 12.2. The number of amides is 1. The Hall–Kier alpha value is -4.40. The maximum atomic E-state index is 12.2. The highest BCUT2D eigenvalue weighted by Gasteiger charge is 2.20. The summed E-state index contributed by atoms with van der Waals surface area (Å²) < 4.78 is 9.87. The second-order valence-corrected chi connectivity index (χ2v) is 5.92. The van der Waals surface area contributed by atoms with Crippen LogP contribution in [0.15, 0.2) is 66.7 Å². The smallest absolute Gasteiger partial charge is 0.364 e. The summed E-state index contributed by atoms with van der Waals surface area (Å²) in [7, 11) is 0. The van der Waals surface area contributed by atoms with Gasteiger partial charge in [0.05, 0.1) is 0 Å². The minimum absolute atomic E-state index is 0.0381. The molecule has 0 saturated heterocycles. The predicted molar refractivity (Wildman–Crippen MR) is 102 cm³/mol. The van der Waals surface area contributed by atoms with Gasteiger partial charge >= 0.3 is 17.9 Å². The summed E-state index contributed by atoms with van der Waals surface area (Å²) >= 11 is 0. The van der Waals surface area contributed by atoms with Gasteiger partial charge in [0.1, 0.15) is 29.4 Å². The number of aromatic nitrogens is 2. The van der Waals surface area contributed by atoms with Gasteiger partial charge in [0.25, 0.3) is 5.91 Å². The van der Waals surface area contributed by atoms with Gasteiger partial charge in [-0.25, -0.2) is 24.4 Å². The molecule has 30 heavy (non-hydrogen) atoms. The summed E-state index contributed by atoms with van der Waals surface area (Å²) in [5, 5.41) is 0. The third-order valence-electron chi connectivity index (χ3n) is 3.78. The molecule has 3 aromatic rings. The molecule has 150 valence electrons. The summed E-state index contributed by atoms with van der Waals surface area (Å²) in [5.41, 5.74) is 5.07. The van der Waals surface area contributed by atoms with Crippen LogP contribution in [0.2, 0.25) is 0 Å². The van der Waals surface area contributed by atoms with E-state index < -0.39 is 23.8 Å². The van der Waals surface area contributed by atoms with Crippen molar-refractivity contribution in [3.63, 3.8) is 0 Å². The zero-order valence-electron chi connectivity index (χ0n) is 15.5. The average Bonchev–Trinajstić information content (AvgIpc) is 2.78. The first-order valence-corrected chi connectivity index (χ1v) is 8.65. The number of pyridine rings is 2. The van der Waals surface area contributed by atoms with Gasteiger partial charge in [-0.3, -0.25) is 4.79 Å². The number of esters is 3. The Labute approximate surface area is 170 Å². The van der Waals surface area contributed by atoms with Crippen molar-refractivity contribution in [1.29, 1.82) is 0 Å². The van der Waals surface area contributed by atoms with E-state index in [1.807, 2.05) is 18.2 Å². The van der Waals surface area contributed by atoms with E-state index in [0.29, 0.717) is 0 Å². The number of ether oxygens (including phenoxy) is 2. The normalized spacial score (nSPS) is 10.1. The SMILES string of the molecule is NC(=O)c1cccc(C(=O)OC(=O)c2cccc(C(=O)OCc3ccccc3)n2)n1. The summed E-state index contributed by atoms with van der Waals surface area (Å²) in [4.78, 5) is 55.3. The molecule has 0 radical (unpaired) electrons. The third-order valence-corrected chi connectivity index (χ3v) is 3.78. The summed E-state index contributed by atoms with van der Waals surface area (Å²) in [6, 6.07) is 17.0. The van der Waals surface area contributed by atoms with Crippen LogP contribution < -0.4 is 5.73 Å². The van der Waals surface area contributed by atoms with Crippen LogP contribution in [0, 0.1) is 0 Å². The molecule has 0 aliphatic rings. The number of carbonyl (C=O) groups is 4. The Bertz CT molecular complexity index is 1110. The summed E-state index contributed by atoms with van der Waals surface area (Å²) in [5.74, 6) is -3.76. The van der Waals surface area contributed by atoms with E-state index in [1.165, 1.54) is 36.4 Å². The van der Waals surface area contributed by atoms with Crippen LogP contribution in [0.25, 0.3) is 0 Å². The molecule has 0 aliphatic carbocycles. The molecule has 0 unspecified atom stereocenters. The van der Waals surface area contributed by atoms with Gasteiger partial charge in [-0.2, -0.15) is 0 Å². The fraction of sp³-hybridized carbons (Fsp3) is 0.0476. The van der Waals surface area contributed by atoms with E-state index in [9.17, 15) is 19.2 Å². The predicted octanol–water partition coefficient (Wildman–Crippen LogP) is 1.93. The molecule has 0 saturated carbocycles.